The number of aromatic nitrogens is 1. The van der Waals surface area contributed by atoms with Gasteiger partial charge in [-0.1, -0.05) is 6.07 Å². The standard InChI is InChI=1S/C24H22F2N4O3/c1-12-10-28-22(33-11-15-7-24(25,26)8-15)20-19-16-5-4-14(9-27)6-17(16)30(3,32)23(31)18(19)13(2)29-21(12)20/h4-6,10,15,19,29H,7-8,11H2,1-3H3/t19-,30?/m1/s1. The summed E-state index contributed by atoms with van der Waals surface area (Å²) in [4.78, 5) is 17.8. The lowest BCUT2D eigenvalue weighted by Gasteiger charge is -2.45. The van der Waals surface area contributed by atoms with Crippen LogP contribution in [0.15, 0.2) is 35.7 Å². The van der Waals surface area contributed by atoms with Crippen LogP contribution >= 0.6 is 0 Å². The molecule has 0 saturated heterocycles. The van der Waals surface area contributed by atoms with Crippen molar-refractivity contribution in [3.8, 4) is 11.9 Å². The van der Waals surface area contributed by atoms with Crippen LogP contribution in [-0.4, -0.2) is 30.5 Å². The van der Waals surface area contributed by atoms with E-state index in [2.05, 4.69) is 10.3 Å². The number of nitriles is 1. The highest BCUT2D eigenvalue weighted by molar-refractivity contribution is 6.09. The van der Waals surface area contributed by atoms with Gasteiger partial charge in [-0.3, -0.25) is 4.65 Å². The van der Waals surface area contributed by atoms with E-state index in [4.69, 9.17) is 4.74 Å². The Morgan fingerprint density at radius 1 is 1.36 bits per heavy atom. The molecule has 0 spiro atoms. The van der Waals surface area contributed by atoms with Crippen molar-refractivity contribution in [2.75, 3.05) is 19.0 Å². The lowest BCUT2D eigenvalue weighted by Crippen LogP contribution is -2.51. The molecule has 3 aliphatic rings. The molecule has 2 atom stereocenters. The third-order valence-corrected chi connectivity index (χ3v) is 6.74. The molecular weight excluding hydrogens is 430 g/mol. The number of pyridine rings is 1. The van der Waals surface area contributed by atoms with Crippen LogP contribution < -0.4 is 14.7 Å². The Bertz CT molecular complexity index is 1270. The van der Waals surface area contributed by atoms with Crippen LogP contribution in [-0.2, 0) is 4.79 Å². The molecule has 1 aromatic heterocycles. The van der Waals surface area contributed by atoms with Crippen LogP contribution in [0.2, 0.25) is 0 Å². The van der Waals surface area contributed by atoms with Crippen LogP contribution in [0.25, 0.3) is 0 Å². The molecule has 3 heterocycles. The number of carbonyl (C=O) groups is 1. The van der Waals surface area contributed by atoms with Gasteiger partial charge < -0.3 is 15.3 Å². The number of carbonyl (C=O) groups excluding carboxylic acids is 1. The van der Waals surface area contributed by atoms with Crippen LogP contribution in [0.1, 0.15) is 47.9 Å². The largest absolute Gasteiger partial charge is 0.620 e. The van der Waals surface area contributed by atoms with Gasteiger partial charge in [-0.2, -0.15) is 5.26 Å². The van der Waals surface area contributed by atoms with Crippen molar-refractivity contribution in [2.45, 2.75) is 38.5 Å². The SMILES string of the molecule is CC1=C2C(=O)[N+](C)([O-])c3cc(C#N)ccc3[C@H]2c2c(OCC3CC(F)(F)C3)ncc(C)c2N1. The van der Waals surface area contributed by atoms with Crippen molar-refractivity contribution in [3.63, 3.8) is 0 Å². The van der Waals surface area contributed by atoms with E-state index >= 15 is 0 Å². The lowest BCUT2D eigenvalue weighted by atomic mass is 9.76. The van der Waals surface area contributed by atoms with Gasteiger partial charge in [-0.25, -0.2) is 18.6 Å². The van der Waals surface area contributed by atoms with Gasteiger partial charge in [0.2, 0.25) is 11.8 Å². The number of amides is 1. The first-order chi connectivity index (χ1) is 15.5. The number of likely N-dealkylation sites (N-methyl/N-ethyl adjacent to an activating group) is 1. The number of hydrogen-bond donors (Lipinski definition) is 1. The normalized spacial score (nSPS) is 25.2. The summed E-state index contributed by atoms with van der Waals surface area (Å²) < 4.78 is 31.2. The van der Waals surface area contributed by atoms with E-state index in [-0.39, 0.29) is 42.5 Å². The van der Waals surface area contributed by atoms with Gasteiger partial charge in [0.05, 0.1) is 48.0 Å². The molecule has 2 aliphatic heterocycles. The number of nitrogens with one attached hydrogen (secondary N) is 1. The minimum atomic E-state index is -2.65. The number of allylic oxidation sites excluding steroid dienone is 1. The second kappa shape index (κ2) is 7.07. The maximum Gasteiger partial charge on any atom is 0.349 e. The summed E-state index contributed by atoms with van der Waals surface area (Å²) in [5.74, 6) is -3.93. The predicted molar refractivity (Wildman–Crippen MR) is 118 cm³/mol. The average Bonchev–Trinajstić information content (AvgIpc) is 2.75. The van der Waals surface area contributed by atoms with Gasteiger partial charge in [0.15, 0.2) is 0 Å². The Morgan fingerprint density at radius 2 is 2.09 bits per heavy atom. The molecule has 0 bridgehead atoms. The number of hydroxylamine groups is 2. The van der Waals surface area contributed by atoms with Crippen molar-refractivity contribution in [1.82, 2.24) is 9.63 Å². The first kappa shape index (κ1) is 21.5. The van der Waals surface area contributed by atoms with E-state index in [0.29, 0.717) is 22.4 Å². The molecule has 170 valence electrons. The summed E-state index contributed by atoms with van der Waals surface area (Å²) in [5, 5.41) is 26.0. The van der Waals surface area contributed by atoms with Gasteiger partial charge in [-0.05, 0) is 25.5 Å². The topological polar surface area (TPSA) is 98.1 Å². The Balaban J connectivity index is 1.66. The summed E-state index contributed by atoms with van der Waals surface area (Å²) >= 11 is 0. The number of rotatable bonds is 3. The predicted octanol–water partition coefficient (Wildman–Crippen LogP) is 4.49. The summed E-state index contributed by atoms with van der Waals surface area (Å²) in [6, 6.07) is 6.78. The van der Waals surface area contributed by atoms with Gasteiger partial charge in [0.1, 0.15) is 5.69 Å². The molecule has 5 rings (SSSR count). The number of hydrogen-bond acceptors (Lipinski definition) is 6. The van der Waals surface area contributed by atoms with Crippen molar-refractivity contribution >= 4 is 17.3 Å². The number of halogens is 2. The first-order valence-electron chi connectivity index (χ1n) is 10.7. The maximum atomic E-state index is 13.4. The summed E-state index contributed by atoms with van der Waals surface area (Å²) in [6.45, 7) is 3.70. The minimum absolute atomic E-state index is 0.0896. The molecule has 1 saturated carbocycles. The highest BCUT2D eigenvalue weighted by Crippen LogP contribution is 2.53. The highest BCUT2D eigenvalue weighted by atomic mass is 19.3. The van der Waals surface area contributed by atoms with E-state index in [1.54, 1.807) is 25.3 Å². The molecule has 2 aromatic rings. The molecule has 7 nitrogen and oxygen atoms in total. The number of quaternary nitrogens is 1. The second-order valence-corrected chi connectivity index (χ2v) is 9.19. The molecular formula is C24H22F2N4O3. The number of anilines is 1. The minimum Gasteiger partial charge on any atom is -0.620 e. The fourth-order valence-corrected chi connectivity index (χ4v) is 5.03. The van der Waals surface area contributed by atoms with Crippen LogP contribution in [0.5, 0.6) is 5.88 Å². The lowest BCUT2D eigenvalue weighted by molar-refractivity contribution is -0.124. The zero-order valence-corrected chi connectivity index (χ0v) is 18.4. The second-order valence-electron chi connectivity index (χ2n) is 9.19. The molecule has 1 fully saturated rings. The number of benzene rings is 1. The Hall–Kier alpha value is -3.35. The summed E-state index contributed by atoms with van der Waals surface area (Å²) in [5.41, 5.74) is 4.07. The molecule has 9 heteroatoms. The average molecular weight is 452 g/mol. The third-order valence-electron chi connectivity index (χ3n) is 6.74. The number of aryl methyl sites for hydroxylation is 1. The third kappa shape index (κ3) is 3.21. The monoisotopic (exact) mass is 452 g/mol. The number of ether oxygens (including phenoxy) is 1. The van der Waals surface area contributed by atoms with Crippen LogP contribution in [0.3, 0.4) is 0 Å². The smallest absolute Gasteiger partial charge is 0.349 e. The summed E-state index contributed by atoms with van der Waals surface area (Å²) in [6.07, 6.45) is 1.18. The van der Waals surface area contributed by atoms with Crippen molar-refractivity contribution in [1.29, 1.82) is 5.26 Å². The molecule has 1 N–H and O–H groups in total. The Kier molecular flexibility index (Phi) is 4.61. The van der Waals surface area contributed by atoms with Gasteiger partial charge in [-0.15, -0.1) is 0 Å². The molecule has 1 aromatic carbocycles. The van der Waals surface area contributed by atoms with E-state index in [1.165, 1.54) is 13.1 Å². The maximum absolute atomic E-state index is 13.4. The molecule has 33 heavy (non-hydrogen) atoms. The van der Waals surface area contributed by atoms with Crippen molar-refractivity contribution in [3.05, 3.63) is 63.1 Å². The summed E-state index contributed by atoms with van der Waals surface area (Å²) in [7, 11) is 1.26. The highest BCUT2D eigenvalue weighted by Gasteiger charge is 2.49. The zero-order chi connectivity index (χ0) is 23.7. The van der Waals surface area contributed by atoms with Crippen molar-refractivity contribution in [2.24, 2.45) is 5.92 Å². The number of fused-ring (bicyclic) bond motifs is 5. The number of nitrogens with zero attached hydrogens (tertiary/aromatic N) is 3. The van der Waals surface area contributed by atoms with Gasteiger partial charge in [0.25, 0.3) is 0 Å². The van der Waals surface area contributed by atoms with E-state index in [0.717, 1.165) is 11.3 Å². The quantitative estimate of drug-likeness (QED) is 0.544. The van der Waals surface area contributed by atoms with Gasteiger partial charge >= 0.3 is 5.91 Å². The van der Waals surface area contributed by atoms with E-state index < -0.39 is 22.4 Å². The first-order valence-corrected chi connectivity index (χ1v) is 10.7. The zero-order valence-electron chi connectivity index (χ0n) is 18.4. The van der Waals surface area contributed by atoms with E-state index in [1.807, 2.05) is 13.0 Å². The Morgan fingerprint density at radius 3 is 2.76 bits per heavy atom. The van der Waals surface area contributed by atoms with Crippen LogP contribution in [0.4, 0.5) is 20.2 Å². The van der Waals surface area contributed by atoms with E-state index in [9.17, 15) is 24.0 Å². The Labute approximate surface area is 189 Å². The van der Waals surface area contributed by atoms with Gasteiger partial charge in [0, 0.05) is 42.3 Å². The fraction of sp³-hybridized carbons (Fsp3) is 0.375. The fourth-order valence-electron chi connectivity index (χ4n) is 5.03. The van der Waals surface area contributed by atoms with Crippen LogP contribution in [0, 0.1) is 29.4 Å². The van der Waals surface area contributed by atoms with Crippen molar-refractivity contribution < 1.29 is 18.3 Å². The molecule has 0 radical (unpaired) electrons. The number of alkyl halides is 2. The molecule has 1 unspecified atom stereocenters. The molecule has 1 aliphatic carbocycles. The molecule has 1 amide bonds.